The summed E-state index contributed by atoms with van der Waals surface area (Å²) in [6.45, 7) is 0. The number of amides is 2. The van der Waals surface area contributed by atoms with Crippen molar-refractivity contribution in [1.29, 1.82) is 0 Å². The monoisotopic (exact) mass is 293 g/mol. The van der Waals surface area contributed by atoms with Gasteiger partial charge in [0.1, 0.15) is 0 Å². The molecule has 1 unspecified atom stereocenters. The third-order valence-electron chi connectivity index (χ3n) is 4.30. The van der Waals surface area contributed by atoms with E-state index in [2.05, 4.69) is 0 Å². The summed E-state index contributed by atoms with van der Waals surface area (Å²) in [6.07, 6.45) is 3.43. The largest absolute Gasteiger partial charge is 0.479 e. The molecule has 0 aromatic carbocycles. The first-order chi connectivity index (χ1) is 9.55. The van der Waals surface area contributed by atoms with Gasteiger partial charge in [-0.05, 0) is 24.3 Å². The van der Waals surface area contributed by atoms with Gasteiger partial charge in [-0.15, -0.1) is 11.3 Å². The van der Waals surface area contributed by atoms with E-state index < -0.39 is 17.4 Å². The Morgan fingerprint density at radius 1 is 1.35 bits per heavy atom. The standard InChI is InChI=1S/C14H15NO4S/c16-10-8-14(5-1-2-6-14)13(19)15(10)11(12(17)18)9-4-3-7-20-9/h3-4,7,11H,1-2,5-6,8H2,(H,17,18). The van der Waals surface area contributed by atoms with Gasteiger partial charge in [-0.25, -0.2) is 4.79 Å². The summed E-state index contributed by atoms with van der Waals surface area (Å²) in [7, 11) is 0. The van der Waals surface area contributed by atoms with E-state index >= 15 is 0 Å². The lowest BCUT2D eigenvalue weighted by Crippen LogP contribution is -2.40. The van der Waals surface area contributed by atoms with Crippen molar-refractivity contribution in [2.75, 3.05) is 0 Å². The predicted octanol–water partition coefficient (Wildman–Crippen LogP) is 2.19. The second-order valence-corrected chi connectivity index (χ2v) is 6.47. The number of hydrogen-bond acceptors (Lipinski definition) is 4. The minimum atomic E-state index is -1.17. The van der Waals surface area contributed by atoms with Gasteiger partial charge < -0.3 is 5.11 Å². The molecule has 2 heterocycles. The Hall–Kier alpha value is -1.69. The van der Waals surface area contributed by atoms with E-state index in [4.69, 9.17) is 0 Å². The van der Waals surface area contributed by atoms with E-state index in [1.54, 1.807) is 17.5 Å². The fraction of sp³-hybridized carbons (Fsp3) is 0.500. The molecule has 1 aromatic heterocycles. The Morgan fingerprint density at radius 2 is 2.05 bits per heavy atom. The average Bonchev–Trinajstić information content (AvgIpc) is 3.09. The molecular formula is C14H15NO4S. The smallest absolute Gasteiger partial charge is 0.332 e. The number of imide groups is 1. The van der Waals surface area contributed by atoms with Crippen LogP contribution >= 0.6 is 11.3 Å². The van der Waals surface area contributed by atoms with E-state index in [1.165, 1.54) is 11.3 Å². The molecular weight excluding hydrogens is 278 g/mol. The minimum absolute atomic E-state index is 0.168. The number of aliphatic carboxylic acids is 1. The van der Waals surface area contributed by atoms with Crippen molar-refractivity contribution in [3.05, 3.63) is 22.4 Å². The van der Waals surface area contributed by atoms with Crippen molar-refractivity contribution in [2.24, 2.45) is 5.41 Å². The van der Waals surface area contributed by atoms with Gasteiger partial charge in [0.05, 0.1) is 5.41 Å². The number of carbonyl (C=O) groups excluding carboxylic acids is 2. The highest BCUT2D eigenvalue weighted by Gasteiger charge is 2.55. The average molecular weight is 293 g/mol. The summed E-state index contributed by atoms with van der Waals surface area (Å²) in [6, 6.07) is 2.21. The SMILES string of the molecule is O=C(O)C(c1cccs1)N1C(=O)CC2(CCCC2)C1=O. The van der Waals surface area contributed by atoms with Gasteiger partial charge in [-0.2, -0.15) is 0 Å². The number of hydrogen-bond donors (Lipinski definition) is 1. The lowest BCUT2D eigenvalue weighted by molar-refractivity contribution is -0.155. The number of likely N-dealkylation sites (tertiary alicyclic amines) is 1. The molecule has 1 spiro atoms. The summed E-state index contributed by atoms with van der Waals surface area (Å²) in [5.41, 5.74) is -0.623. The number of carboxylic acid groups (broad SMARTS) is 1. The van der Waals surface area contributed by atoms with Gasteiger partial charge in [0.25, 0.3) is 0 Å². The zero-order valence-corrected chi connectivity index (χ0v) is 11.7. The number of rotatable bonds is 3. The minimum Gasteiger partial charge on any atom is -0.479 e. The second-order valence-electron chi connectivity index (χ2n) is 5.49. The number of nitrogens with zero attached hydrogens (tertiary/aromatic N) is 1. The summed E-state index contributed by atoms with van der Waals surface area (Å²) in [4.78, 5) is 37.9. The van der Waals surface area contributed by atoms with Gasteiger partial charge in [-0.1, -0.05) is 18.9 Å². The van der Waals surface area contributed by atoms with Crippen molar-refractivity contribution in [1.82, 2.24) is 4.90 Å². The van der Waals surface area contributed by atoms with Gasteiger partial charge in [0.15, 0.2) is 6.04 Å². The Kier molecular flexibility index (Phi) is 3.12. The summed E-state index contributed by atoms with van der Waals surface area (Å²) in [5.74, 6) is -1.79. The molecule has 0 radical (unpaired) electrons. The fourth-order valence-electron chi connectivity index (χ4n) is 3.33. The molecule has 1 saturated carbocycles. The molecule has 2 aliphatic rings. The zero-order chi connectivity index (χ0) is 14.3. The molecule has 1 aliphatic heterocycles. The first kappa shape index (κ1) is 13.3. The first-order valence-corrected chi connectivity index (χ1v) is 7.56. The molecule has 3 rings (SSSR count). The van der Waals surface area contributed by atoms with Gasteiger partial charge in [0, 0.05) is 11.3 Å². The summed E-state index contributed by atoms with van der Waals surface area (Å²) >= 11 is 1.25. The topological polar surface area (TPSA) is 74.7 Å². The molecule has 1 saturated heterocycles. The first-order valence-electron chi connectivity index (χ1n) is 6.68. The highest BCUT2D eigenvalue weighted by Crippen LogP contribution is 2.49. The molecule has 2 fully saturated rings. The Labute approximate surface area is 120 Å². The quantitative estimate of drug-likeness (QED) is 0.867. The molecule has 106 valence electrons. The maximum Gasteiger partial charge on any atom is 0.332 e. The van der Waals surface area contributed by atoms with Crippen molar-refractivity contribution in [2.45, 2.75) is 38.1 Å². The van der Waals surface area contributed by atoms with Gasteiger partial charge in [0.2, 0.25) is 11.8 Å². The van der Waals surface area contributed by atoms with Crippen LogP contribution in [0.1, 0.15) is 43.0 Å². The summed E-state index contributed by atoms with van der Waals surface area (Å²) < 4.78 is 0. The molecule has 20 heavy (non-hydrogen) atoms. The van der Waals surface area contributed by atoms with Crippen LogP contribution in [0.3, 0.4) is 0 Å². The predicted molar refractivity (Wildman–Crippen MR) is 72.1 cm³/mol. The number of carbonyl (C=O) groups is 3. The van der Waals surface area contributed by atoms with Crippen LogP contribution in [0.25, 0.3) is 0 Å². The van der Waals surface area contributed by atoms with E-state index in [9.17, 15) is 19.5 Å². The highest BCUT2D eigenvalue weighted by molar-refractivity contribution is 7.10. The molecule has 1 aromatic rings. The van der Waals surface area contributed by atoms with Crippen LogP contribution in [-0.2, 0) is 14.4 Å². The van der Waals surface area contributed by atoms with Crippen LogP contribution in [-0.4, -0.2) is 27.8 Å². The Balaban J connectivity index is 1.98. The third-order valence-corrected chi connectivity index (χ3v) is 5.22. The molecule has 1 aliphatic carbocycles. The molecule has 1 atom stereocenters. The zero-order valence-electron chi connectivity index (χ0n) is 10.9. The van der Waals surface area contributed by atoms with E-state index in [0.717, 1.165) is 17.7 Å². The van der Waals surface area contributed by atoms with Crippen molar-refractivity contribution in [3.63, 3.8) is 0 Å². The van der Waals surface area contributed by atoms with Crippen LogP contribution in [0.4, 0.5) is 0 Å². The number of carboxylic acids is 1. The maximum atomic E-state index is 12.6. The van der Waals surface area contributed by atoms with Crippen molar-refractivity contribution >= 4 is 29.1 Å². The second kappa shape index (κ2) is 4.70. The Bertz CT molecular complexity index is 560. The van der Waals surface area contributed by atoms with E-state index in [0.29, 0.717) is 17.7 Å². The van der Waals surface area contributed by atoms with Crippen LogP contribution in [0.2, 0.25) is 0 Å². The van der Waals surface area contributed by atoms with Crippen molar-refractivity contribution in [3.8, 4) is 0 Å². The van der Waals surface area contributed by atoms with Crippen molar-refractivity contribution < 1.29 is 19.5 Å². The molecule has 0 bridgehead atoms. The van der Waals surface area contributed by atoms with Crippen LogP contribution in [0.5, 0.6) is 0 Å². The molecule has 6 heteroatoms. The molecule has 1 N–H and O–H groups in total. The van der Waals surface area contributed by atoms with Crippen LogP contribution in [0, 0.1) is 5.41 Å². The molecule has 5 nitrogen and oxygen atoms in total. The van der Waals surface area contributed by atoms with Crippen LogP contribution < -0.4 is 0 Å². The Morgan fingerprint density at radius 3 is 2.60 bits per heavy atom. The van der Waals surface area contributed by atoms with Gasteiger partial charge >= 0.3 is 5.97 Å². The van der Waals surface area contributed by atoms with E-state index in [-0.39, 0.29) is 18.2 Å². The third kappa shape index (κ3) is 1.86. The normalized spacial score (nSPS) is 22.7. The van der Waals surface area contributed by atoms with Gasteiger partial charge in [-0.3, -0.25) is 14.5 Å². The lowest BCUT2D eigenvalue weighted by atomic mass is 9.84. The highest BCUT2D eigenvalue weighted by atomic mass is 32.1. The van der Waals surface area contributed by atoms with E-state index in [1.807, 2.05) is 0 Å². The number of thiophene rings is 1. The molecule has 2 amide bonds. The summed E-state index contributed by atoms with van der Waals surface area (Å²) in [5, 5.41) is 11.2. The maximum absolute atomic E-state index is 12.6. The van der Waals surface area contributed by atoms with Crippen LogP contribution in [0.15, 0.2) is 17.5 Å². The fourth-order valence-corrected chi connectivity index (χ4v) is 4.14. The lowest BCUT2D eigenvalue weighted by Gasteiger charge is -2.25.